The number of esters is 1. The fourth-order valence-corrected chi connectivity index (χ4v) is 2.53. The van der Waals surface area contributed by atoms with Crippen molar-refractivity contribution < 1.29 is 14.1 Å². The molecule has 0 aromatic carbocycles. The second kappa shape index (κ2) is 5.27. The van der Waals surface area contributed by atoms with Gasteiger partial charge in [-0.3, -0.25) is 9.78 Å². The number of ether oxygens (including phenoxy) is 1. The summed E-state index contributed by atoms with van der Waals surface area (Å²) in [7, 11) is 0. The third-order valence-electron chi connectivity index (χ3n) is 3.99. The Labute approximate surface area is 122 Å². The summed E-state index contributed by atoms with van der Waals surface area (Å²) >= 11 is 0. The third kappa shape index (κ3) is 2.20. The summed E-state index contributed by atoms with van der Waals surface area (Å²) in [4.78, 5) is 20.7. The lowest BCUT2D eigenvalue weighted by atomic mass is 9.68. The number of carbonyl (C=O) groups is 1. The minimum absolute atomic E-state index is 0.269. The van der Waals surface area contributed by atoms with Crippen molar-refractivity contribution in [2.45, 2.75) is 38.5 Å². The molecule has 0 atom stereocenters. The van der Waals surface area contributed by atoms with Gasteiger partial charge in [0.25, 0.3) is 0 Å². The van der Waals surface area contributed by atoms with E-state index in [4.69, 9.17) is 9.26 Å². The molecule has 0 amide bonds. The van der Waals surface area contributed by atoms with Crippen molar-refractivity contribution in [3.63, 3.8) is 0 Å². The number of carbonyl (C=O) groups excluding carboxylic acids is 1. The first kappa shape index (κ1) is 13.7. The number of aryl methyl sites for hydroxylation is 1. The number of aromatic nitrogens is 3. The predicted octanol–water partition coefficient (Wildman–Crippen LogP) is 2.42. The van der Waals surface area contributed by atoms with Crippen molar-refractivity contribution in [1.82, 2.24) is 15.1 Å². The third-order valence-corrected chi connectivity index (χ3v) is 3.99. The van der Waals surface area contributed by atoms with Gasteiger partial charge in [-0.05, 0) is 38.3 Å². The van der Waals surface area contributed by atoms with E-state index < -0.39 is 5.41 Å². The molecule has 0 spiro atoms. The molecule has 6 heteroatoms. The highest BCUT2D eigenvalue weighted by atomic mass is 16.5. The van der Waals surface area contributed by atoms with Crippen molar-refractivity contribution in [2.75, 3.05) is 6.61 Å². The lowest BCUT2D eigenvalue weighted by Crippen LogP contribution is -2.44. The standard InChI is InChI=1S/C15H17N3O3/c1-3-20-14(19)15(6-4-7-15)13-17-12(18-21-13)11-9-16-8-5-10(11)2/h5,8-9H,3-4,6-7H2,1-2H3. The van der Waals surface area contributed by atoms with E-state index in [1.807, 2.05) is 13.0 Å². The van der Waals surface area contributed by atoms with Gasteiger partial charge in [-0.1, -0.05) is 11.6 Å². The van der Waals surface area contributed by atoms with Gasteiger partial charge in [-0.2, -0.15) is 4.98 Å². The second-order valence-electron chi connectivity index (χ2n) is 5.27. The number of rotatable bonds is 4. The molecule has 0 saturated heterocycles. The van der Waals surface area contributed by atoms with E-state index in [2.05, 4.69) is 15.1 Å². The first-order chi connectivity index (χ1) is 10.2. The number of hydrogen-bond acceptors (Lipinski definition) is 6. The van der Waals surface area contributed by atoms with Crippen molar-refractivity contribution in [2.24, 2.45) is 0 Å². The summed E-state index contributed by atoms with van der Waals surface area (Å²) in [6, 6.07) is 1.88. The Hall–Kier alpha value is -2.24. The molecular formula is C15H17N3O3. The molecule has 3 rings (SSSR count). The molecule has 0 radical (unpaired) electrons. The van der Waals surface area contributed by atoms with Crippen LogP contribution in [0.4, 0.5) is 0 Å². The minimum Gasteiger partial charge on any atom is -0.465 e. The lowest BCUT2D eigenvalue weighted by Gasteiger charge is -2.35. The molecule has 0 N–H and O–H groups in total. The fourth-order valence-electron chi connectivity index (χ4n) is 2.53. The van der Waals surface area contributed by atoms with Gasteiger partial charge in [0.2, 0.25) is 11.7 Å². The van der Waals surface area contributed by atoms with E-state index in [0.717, 1.165) is 17.5 Å². The van der Waals surface area contributed by atoms with E-state index in [1.165, 1.54) is 0 Å². The van der Waals surface area contributed by atoms with Crippen molar-refractivity contribution >= 4 is 5.97 Å². The molecule has 6 nitrogen and oxygen atoms in total. The number of pyridine rings is 1. The summed E-state index contributed by atoms with van der Waals surface area (Å²) in [6.07, 6.45) is 5.76. The van der Waals surface area contributed by atoms with E-state index in [1.54, 1.807) is 19.3 Å². The van der Waals surface area contributed by atoms with Gasteiger partial charge in [0, 0.05) is 18.0 Å². The molecule has 2 aromatic heterocycles. The van der Waals surface area contributed by atoms with Gasteiger partial charge in [0.1, 0.15) is 5.41 Å². The Morgan fingerprint density at radius 2 is 2.29 bits per heavy atom. The van der Waals surface area contributed by atoms with Crippen molar-refractivity contribution in [3.8, 4) is 11.4 Å². The van der Waals surface area contributed by atoms with E-state index in [-0.39, 0.29) is 5.97 Å². The van der Waals surface area contributed by atoms with Crippen molar-refractivity contribution in [1.29, 1.82) is 0 Å². The number of hydrogen-bond donors (Lipinski definition) is 0. The number of nitrogens with zero attached hydrogens (tertiary/aromatic N) is 3. The molecule has 0 aliphatic heterocycles. The Bertz CT molecular complexity index is 662. The molecule has 110 valence electrons. The van der Waals surface area contributed by atoms with Gasteiger partial charge in [0.15, 0.2) is 0 Å². The van der Waals surface area contributed by atoms with Crippen LogP contribution in [0.15, 0.2) is 23.0 Å². The maximum absolute atomic E-state index is 12.2. The SMILES string of the molecule is CCOC(=O)C1(c2nc(-c3cnccc3C)no2)CCC1. The minimum atomic E-state index is -0.753. The Morgan fingerprint density at radius 1 is 1.48 bits per heavy atom. The Balaban J connectivity index is 1.94. The highest BCUT2D eigenvalue weighted by molar-refractivity contribution is 5.83. The monoisotopic (exact) mass is 287 g/mol. The van der Waals surface area contributed by atoms with Crippen LogP contribution in [0.1, 0.15) is 37.6 Å². The average molecular weight is 287 g/mol. The van der Waals surface area contributed by atoms with Gasteiger partial charge in [-0.15, -0.1) is 0 Å². The van der Waals surface area contributed by atoms with Crippen LogP contribution in [0.2, 0.25) is 0 Å². The fraction of sp³-hybridized carbons (Fsp3) is 0.467. The van der Waals surface area contributed by atoms with E-state index in [0.29, 0.717) is 31.2 Å². The van der Waals surface area contributed by atoms with E-state index in [9.17, 15) is 4.79 Å². The zero-order valence-corrected chi connectivity index (χ0v) is 12.1. The molecule has 2 heterocycles. The maximum atomic E-state index is 12.2. The topological polar surface area (TPSA) is 78.1 Å². The second-order valence-corrected chi connectivity index (χ2v) is 5.27. The summed E-state index contributed by atoms with van der Waals surface area (Å²) < 4.78 is 10.5. The Kier molecular flexibility index (Phi) is 3.45. The molecule has 21 heavy (non-hydrogen) atoms. The molecular weight excluding hydrogens is 270 g/mol. The molecule has 1 aliphatic carbocycles. The van der Waals surface area contributed by atoms with Crippen LogP contribution >= 0.6 is 0 Å². The highest BCUT2D eigenvalue weighted by Crippen LogP contribution is 2.44. The van der Waals surface area contributed by atoms with Crippen LogP contribution < -0.4 is 0 Å². The summed E-state index contributed by atoms with van der Waals surface area (Å²) in [6.45, 7) is 4.10. The first-order valence-corrected chi connectivity index (χ1v) is 7.10. The van der Waals surface area contributed by atoms with Gasteiger partial charge >= 0.3 is 5.97 Å². The van der Waals surface area contributed by atoms with Crippen LogP contribution in [-0.2, 0) is 14.9 Å². The quantitative estimate of drug-likeness (QED) is 0.804. The van der Waals surface area contributed by atoms with Crippen LogP contribution in [0, 0.1) is 6.92 Å². The molecule has 1 aliphatic rings. The van der Waals surface area contributed by atoms with Gasteiger partial charge in [-0.25, -0.2) is 0 Å². The van der Waals surface area contributed by atoms with Crippen LogP contribution in [0.5, 0.6) is 0 Å². The smallest absolute Gasteiger partial charge is 0.321 e. The summed E-state index contributed by atoms with van der Waals surface area (Å²) in [5.74, 6) is 0.547. The van der Waals surface area contributed by atoms with Crippen LogP contribution in [-0.4, -0.2) is 27.7 Å². The van der Waals surface area contributed by atoms with Crippen LogP contribution in [0.25, 0.3) is 11.4 Å². The highest BCUT2D eigenvalue weighted by Gasteiger charge is 2.52. The zero-order chi connectivity index (χ0) is 14.9. The van der Waals surface area contributed by atoms with E-state index >= 15 is 0 Å². The molecule has 1 fully saturated rings. The van der Waals surface area contributed by atoms with Gasteiger partial charge in [0.05, 0.1) is 6.61 Å². The molecule has 0 bridgehead atoms. The van der Waals surface area contributed by atoms with Gasteiger partial charge < -0.3 is 9.26 Å². The summed E-state index contributed by atoms with van der Waals surface area (Å²) in [5.41, 5.74) is 1.07. The normalized spacial score (nSPS) is 16.3. The molecule has 2 aromatic rings. The molecule has 1 saturated carbocycles. The zero-order valence-electron chi connectivity index (χ0n) is 12.1. The van der Waals surface area contributed by atoms with Crippen molar-refractivity contribution in [3.05, 3.63) is 29.9 Å². The summed E-state index contributed by atoms with van der Waals surface area (Å²) in [5, 5.41) is 4.00. The maximum Gasteiger partial charge on any atom is 0.321 e. The first-order valence-electron chi connectivity index (χ1n) is 7.10. The predicted molar refractivity (Wildman–Crippen MR) is 74.4 cm³/mol. The average Bonchev–Trinajstić information content (AvgIpc) is 2.88. The van der Waals surface area contributed by atoms with Crippen LogP contribution in [0.3, 0.4) is 0 Å². The Morgan fingerprint density at radius 3 is 2.90 bits per heavy atom. The largest absolute Gasteiger partial charge is 0.465 e. The molecule has 0 unspecified atom stereocenters. The lowest BCUT2D eigenvalue weighted by molar-refractivity contribution is -0.155.